The zero-order chi connectivity index (χ0) is 19.1. The first kappa shape index (κ1) is 18.3. The highest BCUT2D eigenvalue weighted by Crippen LogP contribution is 2.41. The van der Waals surface area contributed by atoms with Gasteiger partial charge in [-0.15, -0.1) is 0 Å². The molecule has 2 aliphatic rings. The van der Waals surface area contributed by atoms with E-state index < -0.39 is 0 Å². The number of aryl methyl sites for hydroxylation is 2. The Morgan fingerprint density at radius 3 is 2.74 bits per heavy atom. The van der Waals surface area contributed by atoms with Gasteiger partial charge in [-0.3, -0.25) is 4.79 Å². The maximum absolute atomic E-state index is 13.5. The van der Waals surface area contributed by atoms with E-state index in [-0.39, 0.29) is 17.9 Å². The molecule has 27 heavy (non-hydrogen) atoms. The molecule has 2 aliphatic heterocycles. The van der Waals surface area contributed by atoms with Crippen LogP contribution in [-0.2, 0) is 13.0 Å². The Labute approximate surface area is 165 Å². The van der Waals surface area contributed by atoms with Gasteiger partial charge in [0.25, 0.3) is 5.91 Å². The van der Waals surface area contributed by atoms with Crippen LogP contribution in [0.25, 0.3) is 0 Å². The molecule has 0 radical (unpaired) electrons. The van der Waals surface area contributed by atoms with E-state index in [2.05, 4.69) is 19.1 Å². The molecule has 2 aromatic carbocycles. The van der Waals surface area contributed by atoms with Crippen molar-refractivity contribution < 1.29 is 9.53 Å². The summed E-state index contributed by atoms with van der Waals surface area (Å²) in [4.78, 5) is 15.5. The minimum absolute atomic E-state index is 0.0974. The molecule has 0 N–H and O–H groups in total. The maximum Gasteiger partial charge on any atom is 0.255 e. The molecule has 0 saturated carbocycles. The Bertz CT molecular complexity index is 883. The average molecular weight is 385 g/mol. The summed E-state index contributed by atoms with van der Waals surface area (Å²) in [6.07, 6.45) is 0.970. The van der Waals surface area contributed by atoms with Gasteiger partial charge in [-0.25, -0.2) is 4.42 Å². The quantitative estimate of drug-likeness (QED) is 0.742. The minimum atomic E-state index is 0.0974. The van der Waals surface area contributed by atoms with Gasteiger partial charge in [-0.1, -0.05) is 31.2 Å². The average Bonchev–Trinajstić information content (AvgIpc) is 3.06. The molecule has 2 aromatic rings. The lowest BCUT2D eigenvalue weighted by Crippen LogP contribution is -2.48. The van der Waals surface area contributed by atoms with E-state index in [1.807, 2.05) is 40.5 Å². The first-order valence-electron chi connectivity index (χ1n) is 9.49. The van der Waals surface area contributed by atoms with Gasteiger partial charge in [0.05, 0.1) is 13.2 Å². The molecule has 4 rings (SSSR count). The predicted molar refractivity (Wildman–Crippen MR) is 107 cm³/mol. The molecule has 1 amide bonds. The van der Waals surface area contributed by atoms with E-state index in [4.69, 9.17) is 16.5 Å². The molecule has 2 heterocycles. The number of nitrogens with zero attached hydrogens (tertiary/aromatic N) is 2. The third kappa shape index (κ3) is 3.21. The van der Waals surface area contributed by atoms with E-state index in [1.54, 1.807) is 7.11 Å². The van der Waals surface area contributed by atoms with E-state index in [0.29, 0.717) is 13.1 Å². The molecule has 0 aliphatic carbocycles. The molecule has 4 nitrogen and oxygen atoms in total. The van der Waals surface area contributed by atoms with Crippen LogP contribution in [0.2, 0.25) is 0 Å². The van der Waals surface area contributed by atoms with Gasteiger partial charge in [-0.05, 0) is 59.5 Å². The Morgan fingerprint density at radius 2 is 2.00 bits per heavy atom. The van der Waals surface area contributed by atoms with E-state index >= 15 is 0 Å². The van der Waals surface area contributed by atoms with Crippen LogP contribution in [0.3, 0.4) is 0 Å². The van der Waals surface area contributed by atoms with Gasteiger partial charge < -0.3 is 9.64 Å². The van der Waals surface area contributed by atoms with Crippen molar-refractivity contribution in [1.29, 1.82) is 0 Å². The number of carbonyl (C=O) groups excluding carboxylic acids is 1. The third-order valence-electron chi connectivity index (χ3n) is 5.84. The molecule has 2 atom stereocenters. The van der Waals surface area contributed by atoms with Gasteiger partial charge in [0.1, 0.15) is 5.75 Å². The number of fused-ring (bicyclic) bond motifs is 3. The van der Waals surface area contributed by atoms with Gasteiger partial charge in [0, 0.05) is 31.1 Å². The standard InChI is InChI=1S/C22H25ClN2O2/c1-4-15-8-14(2)21-18(10-15)19-12-24(23)13-20(19)25(22(21)26)11-16-6-5-7-17(9-16)27-3/h5-10,19-20H,4,11-13H2,1-3H3/t19-,20+/m1/s1. The topological polar surface area (TPSA) is 32.8 Å². The van der Waals surface area contributed by atoms with Crippen LogP contribution in [0.1, 0.15) is 45.5 Å². The first-order valence-corrected chi connectivity index (χ1v) is 9.83. The summed E-state index contributed by atoms with van der Waals surface area (Å²) in [5, 5.41) is 0. The van der Waals surface area contributed by atoms with Gasteiger partial charge in [0.15, 0.2) is 0 Å². The predicted octanol–water partition coefficient (Wildman–Crippen LogP) is 4.14. The second-order valence-corrected chi connectivity index (χ2v) is 7.99. The highest BCUT2D eigenvalue weighted by Gasteiger charge is 2.45. The van der Waals surface area contributed by atoms with Crippen molar-refractivity contribution in [3.8, 4) is 5.75 Å². The molecule has 0 bridgehead atoms. The summed E-state index contributed by atoms with van der Waals surface area (Å²) < 4.78 is 7.17. The summed E-state index contributed by atoms with van der Waals surface area (Å²) >= 11 is 6.41. The van der Waals surface area contributed by atoms with Crippen LogP contribution >= 0.6 is 11.8 Å². The van der Waals surface area contributed by atoms with Crippen LogP contribution in [0.5, 0.6) is 5.75 Å². The van der Waals surface area contributed by atoms with Crippen LogP contribution in [0.4, 0.5) is 0 Å². The summed E-state index contributed by atoms with van der Waals surface area (Å²) in [5.74, 6) is 1.18. The van der Waals surface area contributed by atoms with Crippen molar-refractivity contribution >= 4 is 17.7 Å². The highest BCUT2D eigenvalue weighted by atomic mass is 35.5. The Morgan fingerprint density at radius 1 is 1.19 bits per heavy atom. The molecule has 0 unspecified atom stereocenters. The number of hydrogen-bond donors (Lipinski definition) is 0. The molecule has 142 valence electrons. The fraction of sp³-hybridized carbons (Fsp3) is 0.409. The van der Waals surface area contributed by atoms with Gasteiger partial charge in [-0.2, -0.15) is 0 Å². The van der Waals surface area contributed by atoms with Crippen LogP contribution in [0.15, 0.2) is 36.4 Å². The van der Waals surface area contributed by atoms with Crippen molar-refractivity contribution in [1.82, 2.24) is 9.32 Å². The monoisotopic (exact) mass is 384 g/mol. The normalized spacial score (nSPS) is 21.9. The zero-order valence-electron chi connectivity index (χ0n) is 16.0. The second kappa shape index (κ2) is 7.17. The van der Waals surface area contributed by atoms with Gasteiger partial charge >= 0.3 is 0 Å². The summed E-state index contributed by atoms with van der Waals surface area (Å²) in [6.45, 7) is 6.23. The number of halogens is 1. The fourth-order valence-electron chi connectivity index (χ4n) is 4.49. The number of benzene rings is 2. The Balaban J connectivity index is 1.76. The largest absolute Gasteiger partial charge is 0.497 e. The fourth-order valence-corrected chi connectivity index (χ4v) is 4.78. The molecule has 1 fully saturated rings. The van der Waals surface area contributed by atoms with Gasteiger partial charge in [0.2, 0.25) is 0 Å². The van der Waals surface area contributed by atoms with E-state index in [9.17, 15) is 4.79 Å². The van der Waals surface area contributed by atoms with E-state index in [0.717, 1.165) is 35.4 Å². The first-order chi connectivity index (χ1) is 13.0. The van der Waals surface area contributed by atoms with E-state index in [1.165, 1.54) is 11.1 Å². The summed E-state index contributed by atoms with van der Waals surface area (Å²) in [5.41, 5.74) is 5.46. The molecule has 5 heteroatoms. The summed E-state index contributed by atoms with van der Waals surface area (Å²) in [6, 6.07) is 12.4. The lowest BCUT2D eigenvalue weighted by atomic mass is 9.81. The molecule has 1 saturated heterocycles. The molecule has 0 aromatic heterocycles. The minimum Gasteiger partial charge on any atom is -0.497 e. The number of rotatable bonds is 4. The van der Waals surface area contributed by atoms with Crippen molar-refractivity contribution in [3.63, 3.8) is 0 Å². The lowest BCUT2D eigenvalue weighted by molar-refractivity contribution is 0.0626. The summed E-state index contributed by atoms with van der Waals surface area (Å²) in [7, 11) is 1.66. The van der Waals surface area contributed by atoms with Crippen LogP contribution < -0.4 is 4.74 Å². The zero-order valence-corrected chi connectivity index (χ0v) is 16.8. The van der Waals surface area contributed by atoms with Crippen molar-refractivity contribution in [3.05, 3.63) is 64.2 Å². The number of methoxy groups -OCH3 is 1. The van der Waals surface area contributed by atoms with Crippen LogP contribution in [0, 0.1) is 6.92 Å². The Kier molecular flexibility index (Phi) is 4.87. The Hall–Kier alpha value is -2.04. The van der Waals surface area contributed by atoms with Crippen molar-refractivity contribution in [2.24, 2.45) is 0 Å². The lowest BCUT2D eigenvalue weighted by Gasteiger charge is -2.39. The number of hydrogen-bond acceptors (Lipinski definition) is 3. The number of amides is 1. The number of ether oxygens (including phenoxy) is 1. The highest BCUT2D eigenvalue weighted by molar-refractivity contribution is 6.13. The second-order valence-electron chi connectivity index (χ2n) is 7.52. The number of carbonyl (C=O) groups is 1. The van der Waals surface area contributed by atoms with Crippen molar-refractivity contribution in [2.45, 2.75) is 38.8 Å². The molecule has 0 spiro atoms. The molecular weight excluding hydrogens is 360 g/mol. The molecular formula is C22H25ClN2O2. The SMILES string of the molecule is CCc1cc(C)c2c(c1)[C@H]1CN(Cl)C[C@@H]1N(Cc1cccc(OC)c1)C2=O. The third-order valence-corrected chi connectivity index (χ3v) is 6.12. The van der Waals surface area contributed by atoms with Crippen LogP contribution in [-0.4, -0.2) is 41.5 Å². The smallest absolute Gasteiger partial charge is 0.255 e. The van der Waals surface area contributed by atoms with Crippen molar-refractivity contribution in [2.75, 3.05) is 20.2 Å². The maximum atomic E-state index is 13.5.